The molecular weight excluding hydrogens is 343 g/mol. The second-order valence-corrected chi connectivity index (χ2v) is 6.55. The van der Waals surface area contributed by atoms with Gasteiger partial charge in [-0.15, -0.1) is 0 Å². The molecule has 0 aliphatic carbocycles. The van der Waals surface area contributed by atoms with E-state index in [1.54, 1.807) is 0 Å². The van der Waals surface area contributed by atoms with Crippen molar-refractivity contribution in [3.8, 4) is 0 Å². The monoisotopic (exact) mass is 354 g/mol. The Balaban J connectivity index is 3.12. The van der Waals surface area contributed by atoms with Crippen LogP contribution in [0.4, 0.5) is 10.1 Å². The molecule has 0 heterocycles. The molecule has 0 radical (unpaired) electrons. The number of rotatable bonds is 6. The Kier molecular flexibility index (Phi) is 5.39. The van der Waals surface area contributed by atoms with Crippen LogP contribution in [-0.4, -0.2) is 36.6 Å². The van der Waals surface area contributed by atoms with E-state index in [1.807, 2.05) is 0 Å². The van der Waals surface area contributed by atoms with Crippen molar-refractivity contribution in [2.75, 3.05) is 18.9 Å². The van der Waals surface area contributed by atoms with Crippen LogP contribution in [-0.2, 0) is 10.0 Å². The molecule has 0 bridgehead atoms. The number of nitro benzene ring substituents is 1. The highest BCUT2D eigenvalue weighted by molar-refractivity contribution is 9.09. The van der Waals surface area contributed by atoms with Crippen molar-refractivity contribution in [1.29, 1.82) is 0 Å². The number of halogens is 2. The Hall–Kier alpha value is -1.06. The van der Waals surface area contributed by atoms with Gasteiger partial charge in [0.1, 0.15) is 10.7 Å². The lowest BCUT2D eigenvalue weighted by Gasteiger charge is -2.16. The van der Waals surface area contributed by atoms with Gasteiger partial charge in [-0.25, -0.2) is 17.1 Å². The lowest BCUT2D eigenvalue weighted by Crippen LogP contribution is -2.28. The zero-order chi connectivity index (χ0) is 14.6. The molecule has 0 spiro atoms. The molecule has 0 aromatic heterocycles. The van der Waals surface area contributed by atoms with Crippen LogP contribution in [0.2, 0.25) is 0 Å². The molecule has 0 aliphatic rings. The third-order valence-electron chi connectivity index (χ3n) is 2.42. The topological polar surface area (TPSA) is 80.5 Å². The van der Waals surface area contributed by atoms with E-state index in [2.05, 4.69) is 15.9 Å². The fourth-order valence-electron chi connectivity index (χ4n) is 1.38. The van der Waals surface area contributed by atoms with Gasteiger partial charge in [-0.05, 0) is 12.5 Å². The molecule has 0 saturated carbocycles. The molecule has 0 unspecified atom stereocenters. The molecule has 106 valence electrons. The normalized spacial score (nSPS) is 11.8. The molecule has 1 aromatic carbocycles. The van der Waals surface area contributed by atoms with E-state index in [4.69, 9.17) is 0 Å². The van der Waals surface area contributed by atoms with Crippen LogP contribution in [0.1, 0.15) is 6.42 Å². The molecule has 6 nitrogen and oxygen atoms in total. The van der Waals surface area contributed by atoms with Gasteiger partial charge in [0.05, 0.1) is 11.0 Å². The average molecular weight is 355 g/mol. The molecule has 0 saturated heterocycles. The maximum Gasteiger partial charge on any atom is 0.272 e. The van der Waals surface area contributed by atoms with Gasteiger partial charge in [0.25, 0.3) is 5.69 Å². The molecule has 0 fully saturated rings. The van der Waals surface area contributed by atoms with Gasteiger partial charge in [-0.3, -0.25) is 10.1 Å². The highest BCUT2D eigenvalue weighted by atomic mass is 79.9. The summed E-state index contributed by atoms with van der Waals surface area (Å²) >= 11 is 3.17. The van der Waals surface area contributed by atoms with Crippen molar-refractivity contribution < 1.29 is 17.7 Å². The van der Waals surface area contributed by atoms with E-state index in [0.717, 1.165) is 16.4 Å². The van der Waals surface area contributed by atoms with Gasteiger partial charge >= 0.3 is 0 Å². The van der Waals surface area contributed by atoms with E-state index in [-0.39, 0.29) is 6.54 Å². The molecule has 0 atom stereocenters. The largest absolute Gasteiger partial charge is 0.272 e. The van der Waals surface area contributed by atoms with E-state index in [0.29, 0.717) is 17.8 Å². The summed E-state index contributed by atoms with van der Waals surface area (Å²) in [5.74, 6) is -1.13. The van der Waals surface area contributed by atoms with Crippen LogP contribution < -0.4 is 0 Å². The summed E-state index contributed by atoms with van der Waals surface area (Å²) in [4.78, 5) is 9.12. The maximum atomic E-state index is 13.7. The Morgan fingerprint density at radius 3 is 2.58 bits per heavy atom. The lowest BCUT2D eigenvalue weighted by molar-refractivity contribution is -0.385. The lowest BCUT2D eigenvalue weighted by atomic mass is 10.3. The van der Waals surface area contributed by atoms with Crippen LogP contribution in [0.5, 0.6) is 0 Å². The molecule has 0 amide bonds. The number of hydrogen-bond acceptors (Lipinski definition) is 4. The summed E-state index contributed by atoms with van der Waals surface area (Å²) < 4.78 is 38.8. The van der Waals surface area contributed by atoms with Crippen LogP contribution in [0, 0.1) is 15.9 Å². The molecule has 0 N–H and O–H groups in total. The van der Waals surface area contributed by atoms with Gasteiger partial charge < -0.3 is 0 Å². The van der Waals surface area contributed by atoms with E-state index < -0.39 is 31.3 Å². The highest BCUT2D eigenvalue weighted by Crippen LogP contribution is 2.22. The molecule has 9 heteroatoms. The number of alkyl halides is 1. The van der Waals surface area contributed by atoms with Crippen molar-refractivity contribution in [2.45, 2.75) is 11.3 Å². The van der Waals surface area contributed by atoms with Crippen LogP contribution >= 0.6 is 15.9 Å². The van der Waals surface area contributed by atoms with Crippen molar-refractivity contribution in [3.63, 3.8) is 0 Å². The number of benzene rings is 1. The quantitative estimate of drug-likeness (QED) is 0.445. The molecular formula is C10H12BrFN2O4S. The predicted octanol–water partition coefficient (Wildman–Crippen LogP) is 2.14. The van der Waals surface area contributed by atoms with Gasteiger partial charge in [-0.2, -0.15) is 0 Å². The first-order valence-corrected chi connectivity index (χ1v) is 7.83. The van der Waals surface area contributed by atoms with Gasteiger partial charge in [-0.1, -0.05) is 15.9 Å². The first-order valence-electron chi connectivity index (χ1n) is 5.27. The number of non-ortho nitro benzene ring substituents is 1. The summed E-state index contributed by atoms with van der Waals surface area (Å²) in [5, 5.41) is 11.1. The zero-order valence-electron chi connectivity index (χ0n) is 10.0. The fraction of sp³-hybridized carbons (Fsp3) is 0.400. The summed E-state index contributed by atoms with van der Waals surface area (Å²) in [6.45, 7) is 0.226. The number of sulfonamides is 1. The van der Waals surface area contributed by atoms with Crippen molar-refractivity contribution in [2.24, 2.45) is 0 Å². The minimum absolute atomic E-state index is 0.226. The Labute approximate surface area is 118 Å². The molecule has 19 heavy (non-hydrogen) atoms. The number of nitro groups is 1. The van der Waals surface area contributed by atoms with Crippen LogP contribution in [0.3, 0.4) is 0 Å². The maximum absolute atomic E-state index is 13.7. The van der Waals surface area contributed by atoms with E-state index in [1.165, 1.54) is 7.05 Å². The number of nitrogens with zero attached hydrogens (tertiary/aromatic N) is 2. The predicted molar refractivity (Wildman–Crippen MR) is 71.3 cm³/mol. The van der Waals surface area contributed by atoms with Crippen molar-refractivity contribution in [3.05, 3.63) is 34.1 Å². The van der Waals surface area contributed by atoms with Gasteiger partial charge in [0.15, 0.2) is 0 Å². The SMILES string of the molecule is CN(CCCBr)S(=O)(=O)c1ccc([N+](=O)[O-])cc1F. The summed E-state index contributed by atoms with van der Waals surface area (Å²) in [6.07, 6.45) is 0.574. The van der Waals surface area contributed by atoms with E-state index >= 15 is 0 Å². The average Bonchev–Trinajstić information content (AvgIpc) is 2.35. The summed E-state index contributed by atoms with van der Waals surface area (Å²) in [6, 6.07) is 2.48. The second kappa shape index (κ2) is 6.40. The summed E-state index contributed by atoms with van der Waals surface area (Å²) in [5.41, 5.74) is -0.487. The first kappa shape index (κ1) is 16.0. The standard InChI is InChI=1S/C10H12BrFN2O4S/c1-13(6-2-5-11)19(17,18)10-4-3-8(14(15)16)7-9(10)12/h3-4,7H,2,5-6H2,1H3. The van der Waals surface area contributed by atoms with Gasteiger partial charge in [0.2, 0.25) is 10.0 Å². The van der Waals surface area contributed by atoms with Crippen LogP contribution in [0.25, 0.3) is 0 Å². The minimum atomic E-state index is -3.97. The molecule has 1 rings (SSSR count). The minimum Gasteiger partial charge on any atom is -0.258 e. The third kappa shape index (κ3) is 3.71. The third-order valence-corrected chi connectivity index (χ3v) is 4.87. The van der Waals surface area contributed by atoms with Crippen molar-refractivity contribution in [1.82, 2.24) is 4.31 Å². The zero-order valence-corrected chi connectivity index (χ0v) is 12.4. The Morgan fingerprint density at radius 2 is 2.11 bits per heavy atom. The van der Waals surface area contributed by atoms with Crippen molar-refractivity contribution >= 4 is 31.6 Å². The summed E-state index contributed by atoms with van der Waals surface area (Å²) in [7, 11) is -2.64. The second-order valence-electron chi connectivity index (χ2n) is 3.74. The fourth-order valence-corrected chi connectivity index (χ4v) is 2.88. The first-order chi connectivity index (χ1) is 8.80. The Morgan fingerprint density at radius 1 is 1.47 bits per heavy atom. The van der Waals surface area contributed by atoms with Gasteiger partial charge in [0, 0.05) is 25.0 Å². The molecule has 0 aliphatic heterocycles. The highest BCUT2D eigenvalue weighted by Gasteiger charge is 2.25. The molecule has 1 aromatic rings. The smallest absolute Gasteiger partial charge is 0.258 e. The number of hydrogen-bond donors (Lipinski definition) is 0. The Bertz CT molecular complexity index is 579. The van der Waals surface area contributed by atoms with Crippen LogP contribution in [0.15, 0.2) is 23.1 Å². The van der Waals surface area contributed by atoms with E-state index in [9.17, 15) is 22.9 Å².